The van der Waals surface area contributed by atoms with Gasteiger partial charge in [0.25, 0.3) is 0 Å². The highest BCUT2D eigenvalue weighted by Gasteiger charge is 2.28. The van der Waals surface area contributed by atoms with E-state index in [1.807, 2.05) is 18.2 Å². The molecule has 0 bridgehead atoms. The van der Waals surface area contributed by atoms with Gasteiger partial charge in [0, 0.05) is 16.6 Å². The molecular weight excluding hydrogens is 254 g/mol. The third-order valence-electron chi connectivity index (χ3n) is 4.02. The van der Waals surface area contributed by atoms with Crippen molar-refractivity contribution in [2.24, 2.45) is 5.92 Å². The zero-order valence-corrected chi connectivity index (χ0v) is 12.3. The van der Waals surface area contributed by atoms with Gasteiger partial charge in [0.05, 0.1) is 17.2 Å². The third kappa shape index (κ3) is 3.67. The molecule has 19 heavy (non-hydrogen) atoms. The highest BCUT2D eigenvalue weighted by Crippen LogP contribution is 2.28. The van der Waals surface area contributed by atoms with Gasteiger partial charge in [-0.05, 0) is 30.9 Å². The van der Waals surface area contributed by atoms with Gasteiger partial charge >= 0.3 is 0 Å². The molecule has 0 amide bonds. The quantitative estimate of drug-likeness (QED) is 0.789. The van der Waals surface area contributed by atoms with Gasteiger partial charge in [0.2, 0.25) is 0 Å². The van der Waals surface area contributed by atoms with Crippen LogP contribution in [-0.4, -0.2) is 9.46 Å². The summed E-state index contributed by atoms with van der Waals surface area (Å²) < 4.78 is 12.6. The molecule has 1 aliphatic rings. The molecule has 0 aliphatic heterocycles. The van der Waals surface area contributed by atoms with Crippen molar-refractivity contribution in [2.75, 3.05) is 0 Å². The van der Waals surface area contributed by atoms with Gasteiger partial charge in [0.15, 0.2) is 0 Å². The third-order valence-corrected chi connectivity index (χ3v) is 5.85. The molecule has 3 atom stereocenters. The minimum absolute atomic E-state index is 0.0210. The van der Waals surface area contributed by atoms with Crippen LogP contribution in [0.15, 0.2) is 24.3 Å². The van der Waals surface area contributed by atoms with E-state index in [9.17, 15) is 9.47 Å². The Bertz CT molecular complexity index is 492. The number of nitriles is 1. The zero-order chi connectivity index (χ0) is 13.7. The fourth-order valence-electron chi connectivity index (χ4n) is 2.77. The second kappa shape index (κ2) is 6.86. The zero-order valence-electron chi connectivity index (χ0n) is 11.5. The van der Waals surface area contributed by atoms with Crippen molar-refractivity contribution in [3.63, 3.8) is 0 Å². The van der Waals surface area contributed by atoms with Crippen LogP contribution in [0.25, 0.3) is 0 Å². The van der Waals surface area contributed by atoms with E-state index in [1.54, 1.807) is 0 Å². The molecule has 0 N–H and O–H groups in total. The molecular formula is C16H21NOS. The number of benzene rings is 1. The summed E-state index contributed by atoms with van der Waals surface area (Å²) in [6.07, 6.45) is 5.26. The van der Waals surface area contributed by atoms with Crippen molar-refractivity contribution >= 4 is 10.8 Å². The van der Waals surface area contributed by atoms with E-state index < -0.39 is 10.8 Å². The van der Waals surface area contributed by atoms with E-state index in [4.69, 9.17) is 0 Å². The Balaban J connectivity index is 2.10. The van der Waals surface area contributed by atoms with Crippen LogP contribution in [0, 0.1) is 24.2 Å². The Labute approximate surface area is 118 Å². The Morgan fingerprint density at radius 3 is 2.74 bits per heavy atom. The minimum atomic E-state index is -0.931. The predicted molar refractivity (Wildman–Crippen MR) is 79.0 cm³/mol. The van der Waals surface area contributed by atoms with E-state index in [1.165, 1.54) is 12.0 Å². The monoisotopic (exact) mass is 275 g/mol. The Morgan fingerprint density at radius 1 is 1.26 bits per heavy atom. The number of aryl methyl sites for hydroxylation is 1. The fraction of sp³-hybridized carbons (Fsp3) is 0.562. The summed E-state index contributed by atoms with van der Waals surface area (Å²) >= 11 is 0. The number of hydrogen-bond acceptors (Lipinski definition) is 2. The van der Waals surface area contributed by atoms with Crippen LogP contribution in [-0.2, 0) is 16.6 Å². The Kier molecular flexibility index (Phi) is 5.15. The van der Waals surface area contributed by atoms with Crippen molar-refractivity contribution < 1.29 is 4.21 Å². The molecule has 1 saturated carbocycles. The maximum atomic E-state index is 12.6. The summed E-state index contributed by atoms with van der Waals surface area (Å²) in [7, 11) is -0.931. The smallest absolute Gasteiger partial charge is 0.0668 e. The SMILES string of the molecule is Cc1ccccc1CS(=O)C1CCCCCC1C#N. The highest BCUT2D eigenvalue weighted by molar-refractivity contribution is 7.84. The summed E-state index contributed by atoms with van der Waals surface area (Å²) in [5.74, 6) is 0.572. The van der Waals surface area contributed by atoms with Gasteiger partial charge in [-0.2, -0.15) is 5.26 Å². The van der Waals surface area contributed by atoms with Crippen molar-refractivity contribution in [2.45, 2.75) is 50.0 Å². The molecule has 102 valence electrons. The van der Waals surface area contributed by atoms with Gasteiger partial charge < -0.3 is 0 Å². The number of hydrogen-bond donors (Lipinski definition) is 0. The molecule has 3 heteroatoms. The summed E-state index contributed by atoms with van der Waals surface area (Å²) in [5, 5.41) is 9.33. The fourth-order valence-corrected chi connectivity index (χ4v) is 4.61. The summed E-state index contributed by atoms with van der Waals surface area (Å²) in [6, 6.07) is 10.5. The molecule has 0 aromatic heterocycles. The van der Waals surface area contributed by atoms with Gasteiger partial charge in [-0.3, -0.25) is 4.21 Å². The molecule has 2 rings (SSSR count). The largest absolute Gasteiger partial charge is 0.259 e. The average Bonchev–Trinajstić information content (AvgIpc) is 2.66. The lowest BCUT2D eigenvalue weighted by atomic mass is 10.0. The van der Waals surface area contributed by atoms with Crippen LogP contribution in [0.4, 0.5) is 0 Å². The molecule has 2 nitrogen and oxygen atoms in total. The highest BCUT2D eigenvalue weighted by atomic mass is 32.2. The van der Waals surface area contributed by atoms with Gasteiger partial charge in [-0.1, -0.05) is 43.5 Å². The van der Waals surface area contributed by atoms with E-state index >= 15 is 0 Å². The van der Waals surface area contributed by atoms with Crippen molar-refractivity contribution in [1.29, 1.82) is 5.26 Å². The molecule has 0 heterocycles. The van der Waals surface area contributed by atoms with Gasteiger partial charge in [-0.25, -0.2) is 0 Å². The first-order valence-electron chi connectivity index (χ1n) is 7.03. The number of rotatable bonds is 3. The average molecular weight is 275 g/mol. The maximum absolute atomic E-state index is 12.6. The second-order valence-corrected chi connectivity index (χ2v) is 7.02. The summed E-state index contributed by atoms with van der Waals surface area (Å²) in [4.78, 5) is 0. The normalized spacial score (nSPS) is 25.3. The van der Waals surface area contributed by atoms with E-state index in [2.05, 4.69) is 19.1 Å². The molecule has 0 radical (unpaired) electrons. The molecule has 0 spiro atoms. The predicted octanol–water partition coefficient (Wildman–Crippen LogP) is 3.72. The second-order valence-electron chi connectivity index (χ2n) is 5.36. The standard InChI is InChI=1S/C16H21NOS/c1-13-7-5-6-9-15(13)12-19(18)16-10-4-2-3-8-14(16)11-17/h5-7,9,14,16H,2-4,8,10,12H2,1H3. The van der Waals surface area contributed by atoms with Gasteiger partial charge in [-0.15, -0.1) is 0 Å². The maximum Gasteiger partial charge on any atom is 0.0668 e. The van der Waals surface area contributed by atoms with Crippen LogP contribution >= 0.6 is 0 Å². The lowest BCUT2D eigenvalue weighted by Crippen LogP contribution is -2.24. The van der Waals surface area contributed by atoms with Crippen LogP contribution in [0.1, 0.15) is 43.2 Å². The van der Waals surface area contributed by atoms with E-state index in [-0.39, 0.29) is 11.2 Å². The van der Waals surface area contributed by atoms with E-state index in [0.29, 0.717) is 5.75 Å². The molecule has 1 aliphatic carbocycles. The van der Waals surface area contributed by atoms with Crippen LogP contribution in [0.5, 0.6) is 0 Å². The Hall–Kier alpha value is -1.14. The molecule has 3 unspecified atom stereocenters. The number of nitrogens with zero attached hydrogens (tertiary/aromatic N) is 1. The van der Waals surface area contributed by atoms with Crippen molar-refractivity contribution in [3.05, 3.63) is 35.4 Å². The first kappa shape index (κ1) is 14.3. The first-order chi connectivity index (χ1) is 9.22. The molecule has 1 aromatic rings. The first-order valence-corrected chi connectivity index (χ1v) is 8.42. The van der Waals surface area contributed by atoms with Crippen LogP contribution in [0.3, 0.4) is 0 Å². The molecule has 0 saturated heterocycles. The van der Waals surface area contributed by atoms with Crippen LogP contribution < -0.4 is 0 Å². The lowest BCUT2D eigenvalue weighted by molar-refractivity contribution is 0.564. The minimum Gasteiger partial charge on any atom is -0.259 e. The topological polar surface area (TPSA) is 40.9 Å². The van der Waals surface area contributed by atoms with E-state index in [0.717, 1.165) is 31.2 Å². The summed E-state index contributed by atoms with van der Waals surface area (Å²) in [6.45, 7) is 2.06. The van der Waals surface area contributed by atoms with Crippen molar-refractivity contribution in [1.82, 2.24) is 0 Å². The Morgan fingerprint density at radius 2 is 2.00 bits per heavy atom. The molecule has 1 fully saturated rings. The van der Waals surface area contributed by atoms with Gasteiger partial charge in [0.1, 0.15) is 0 Å². The lowest BCUT2D eigenvalue weighted by Gasteiger charge is -2.19. The summed E-state index contributed by atoms with van der Waals surface area (Å²) in [5.41, 5.74) is 2.35. The van der Waals surface area contributed by atoms with Crippen LogP contribution in [0.2, 0.25) is 0 Å². The molecule has 1 aromatic carbocycles. The van der Waals surface area contributed by atoms with Crippen molar-refractivity contribution in [3.8, 4) is 6.07 Å².